The minimum absolute atomic E-state index is 0.0159. The van der Waals surface area contributed by atoms with E-state index in [1.54, 1.807) is 12.1 Å². The van der Waals surface area contributed by atoms with Crippen LogP contribution in [0.25, 0.3) is 0 Å². The lowest BCUT2D eigenvalue weighted by molar-refractivity contribution is 0.289. The molecule has 0 spiro atoms. The second kappa shape index (κ2) is 6.74. The lowest BCUT2D eigenvalue weighted by Gasteiger charge is -2.06. The second-order valence-electron chi connectivity index (χ2n) is 3.87. The van der Waals surface area contributed by atoms with Crippen molar-refractivity contribution in [3.8, 4) is 0 Å². The number of rotatable bonds is 7. The van der Waals surface area contributed by atoms with Crippen LogP contribution in [0.3, 0.4) is 0 Å². The van der Waals surface area contributed by atoms with E-state index in [0.717, 1.165) is 18.4 Å². The number of aryl methyl sites for hydroxylation is 1. The molecule has 0 aliphatic heterocycles. The highest BCUT2D eigenvalue weighted by Crippen LogP contribution is 2.11. The van der Waals surface area contributed by atoms with Crippen molar-refractivity contribution >= 4 is 10.0 Å². The summed E-state index contributed by atoms with van der Waals surface area (Å²) in [5.74, 6) is 0. The van der Waals surface area contributed by atoms with E-state index in [9.17, 15) is 8.42 Å². The Balaban J connectivity index is 2.71. The summed E-state index contributed by atoms with van der Waals surface area (Å²) in [7, 11) is -3.43. The number of hydrogen-bond donors (Lipinski definition) is 2. The first-order valence-corrected chi connectivity index (χ1v) is 7.28. The predicted molar refractivity (Wildman–Crippen MR) is 67.3 cm³/mol. The molecule has 0 amide bonds. The lowest BCUT2D eigenvalue weighted by Crippen LogP contribution is -2.25. The van der Waals surface area contributed by atoms with E-state index in [1.807, 2.05) is 12.1 Å². The summed E-state index contributed by atoms with van der Waals surface area (Å²) >= 11 is 0. The van der Waals surface area contributed by atoms with Gasteiger partial charge in [-0.25, -0.2) is 13.1 Å². The molecule has 0 unspecified atom stereocenters. The van der Waals surface area contributed by atoms with Crippen molar-refractivity contribution in [2.24, 2.45) is 0 Å². The molecule has 4 nitrogen and oxygen atoms in total. The Bertz CT molecular complexity index is 426. The van der Waals surface area contributed by atoms with Gasteiger partial charge in [0.15, 0.2) is 0 Å². The molecule has 0 aromatic heterocycles. The van der Waals surface area contributed by atoms with Gasteiger partial charge in [0.05, 0.1) is 4.90 Å². The number of sulfonamides is 1. The molecule has 1 rings (SSSR count). The fraction of sp³-hybridized carbons (Fsp3) is 0.500. The topological polar surface area (TPSA) is 66.4 Å². The van der Waals surface area contributed by atoms with Crippen LogP contribution >= 0.6 is 0 Å². The molecule has 0 aliphatic carbocycles. The molecule has 1 aromatic rings. The van der Waals surface area contributed by atoms with Crippen LogP contribution in [-0.2, 0) is 16.4 Å². The van der Waals surface area contributed by atoms with E-state index < -0.39 is 10.0 Å². The Morgan fingerprint density at radius 1 is 1.24 bits per heavy atom. The fourth-order valence-electron chi connectivity index (χ4n) is 1.49. The highest BCUT2D eigenvalue weighted by atomic mass is 32.2. The summed E-state index contributed by atoms with van der Waals surface area (Å²) in [6.45, 7) is 2.33. The number of aliphatic hydroxyl groups is 1. The maximum Gasteiger partial charge on any atom is 0.240 e. The molecule has 17 heavy (non-hydrogen) atoms. The molecule has 0 atom stereocenters. The zero-order valence-corrected chi connectivity index (χ0v) is 10.8. The highest BCUT2D eigenvalue weighted by Gasteiger charge is 2.12. The summed E-state index contributed by atoms with van der Waals surface area (Å²) in [4.78, 5) is 0.273. The highest BCUT2D eigenvalue weighted by molar-refractivity contribution is 7.89. The van der Waals surface area contributed by atoms with E-state index in [4.69, 9.17) is 5.11 Å². The Labute approximate surface area is 103 Å². The maximum atomic E-state index is 11.8. The van der Waals surface area contributed by atoms with Gasteiger partial charge >= 0.3 is 0 Å². The van der Waals surface area contributed by atoms with Crippen LogP contribution < -0.4 is 4.72 Å². The molecule has 96 valence electrons. The zero-order valence-electron chi connectivity index (χ0n) is 10.0. The molecule has 0 aliphatic rings. The van der Waals surface area contributed by atoms with Gasteiger partial charge in [0.2, 0.25) is 10.0 Å². The van der Waals surface area contributed by atoms with Crippen LogP contribution in [0.4, 0.5) is 0 Å². The SMILES string of the molecule is CCCc1ccc(S(=O)(=O)NCCCO)cc1. The molecular formula is C12H19NO3S. The van der Waals surface area contributed by atoms with Crippen molar-refractivity contribution in [1.82, 2.24) is 4.72 Å². The molecule has 0 saturated carbocycles. The van der Waals surface area contributed by atoms with E-state index in [-0.39, 0.29) is 18.0 Å². The van der Waals surface area contributed by atoms with Gasteiger partial charge in [-0.2, -0.15) is 0 Å². The third-order valence-corrected chi connectivity index (χ3v) is 3.88. The van der Waals surface area contributed by atoms with Crippen molar-refractivity contribution in [2.45, 2.75) is 31.1 Å². The number of benzene rings is 1. The van der Waals surface area contributed by atoms with Crippen molar-refractivity contribution < 1.29 is 13.5 Å². The molecular weight excluding hydrogens is 238 g/mol. The van der Waals surface area contributed by atoms with E-state index in [1.165, 1.54) is 0 Å². The van der Waals surface area contributed by atoms with Gasteiger partial charge in [0.1, 0.15) is 0 Å². The Morgan fingerprint density at radius 3 is 2.41 bits per heavy atom. The predicted octanol–water partition coefficient (Wildman–Crippen LogP) is 1.30. The third kappa shape index (κ3) is 4.46. The molecule has 2 N–H and O–H groups in total. The summed E-state index contributed by atoms with van der Waals surface area (Å²) in [5.41, 5.74) is 1.14. The van der Waals surface area contributed by atoms with Crippen LogP contribution in [-0.4, -0.2) is 26.7 Å². The minimum atomic E-state index is -3.43. The number of nitrogens with one attached hydrogen (secondary N) is 1. The Hall–Kier alpha value is -0.910. The second-order valence-corrected chi connectivity index (χ2v) is 5.64. The summed E-state index contributed by atoms with van der Waals surface area (Å²) in [6.07, 6.45) is 2.42. The van der Waals surface area contributed by atoms with Gasteiger partial charge in [-0.15, -0.1) is 0 Å². The van der Waals surface area contributed by atoms with Crippen molar-refractivity contribution in [3.05, 3.63) is 29.8 Å². The smallest absolute Gasteiger partial charge is 0.240 e. The lowest BCUT2D eigenvalue weighted by atomic mass is 10.1. The van der Waals surface area contributed by atoms with Crippen LogP contribution in [0.15, 0.2) is 29.2 Å². The quantitative estimate of drug-likeness (QED) is 0.724. The molecule has 0 bridgehead atoms. The van der Waals surface area contributed by atoms with Crippen LogP contribution in [0.2, 0.25) is 0 Å². The minimum Gasteiger partial charge on any atom is -0.396 e. The van der Waals surface area contributed by atoms with Crippen molar-refractivity contribution in [3.63, 3.8) is 0 Å². The van der Waals surface area contributed by atoms with Crippen LogP contribution in [0.5, 0.6) is 0 Å². The monoisotopic (exact) mass is 257 g/mol. The number of aliphatic hydroxyl groups excluding tert-OH is 1. The molecule has 0 radical (unpaired) electrons. The summed E-state index contributed by atoms with van der Waals surface area (Å²) in [5, 5.41) is 8.59. The Morgan fingerprint density at radius 2 is 1.88 bits per heavy atom. The number of hydrogen-bond acceptors (Lipinski definition) is 3. The maximum absolute atomic E-state index is 11.8. The first kappa shape index (κ1) is 14.2. The Kier molecular flexibility index (Phi) is 5.61. The van der Waals surface area contributed by atoms with Gasteiger partial charge in [0.25, 0.3) is 0 Å². The molecule has 1 aromatic carbocycles. The van der Waals surface area contributed by atoms with Gasteiger partial charge in [-0.1, -0.05) is 25.5 Å². The van der Waals surface area contributed by atoms with Crippen LogP contribution in [0.1, 0.15) is 25.3 Å². The molecule has 0 fully saturated rings. The largest absolute Gasteiger partial charge is 0.396 e. The molecule has 5 heteroatoms. The van der Waals surface area contributed by atoms with Gasteiger partial charge in [-0.05, 0) is 30.5 Å². The first-order chi connectivity index (χ1) is 8.10. The normalized spacial score (nSPS) is 11.6. The zero-order chi connectivity index (χ0) is 12.7. The average Bonchev–Trinajstić information content (AvgIpc) is 2.30. The first-order valence-electron chi connectivity index (χ1n) is 5.79. The molecule has 0 heterocycles. The molecule has 0 saturated heterocycles. The average molecular weight is 257 g/mol. The van der Waals surface area contributed by atoms with Crippen molar-refractivity contribution in [2.75, 3.05) is 13.2 Å². The van der Waals surface area contributed by atoms with Gasteiger partial charge in [0, 0.05) is 13.2 Å². The van der Waals surface area contributed by atoms with Crippen LogP contribution in [0, 0.1) is 0 Å². The van der Waals surface area contributed by atoms with E-state index in [2.05, 4.69) is 11.6 Å². The van der Waals surface area contributed by atoms with E-state index >= 15 is 0 Å². The summed E-state index contributed by atoms with van der Waals surface area (Å²) < 4.78 is 26.0. The fourth-order valence-corrected chi connectivity index (χ4v) is 2.57. The summed E-state index contributed by atoms with van der Waals surface area (Å²) in [6, 6.07) is 6.91. The van der Waals surface area contributed by atoms with Crippen molar-refractivity contribution in [1.29, 1.82) is 0 Å². The van der Waals surface area contributed by atoms with E-state index in [0.29, 0.717) is 6.42 Å². The van der Waals surface area contributed by atoms with Gasteiger partial charge in [-0.3, -0.25) is 0 Å². The standard InChI is InChI=1S/C12H19NO3S/c1-2-4-11-5-7-12(8-6-11)17(15,16)13-9-3-10-14/h5-8,13-14H,2-4,9-10H2,1H3. The van der Waals surface area contributed by atoms with Gasteiger partial charge < -0.3 is 5.11 Å². The third-order valence-electron chi connectivity index (χ3n) is 2.40.